The van der Waals surface area contributed by atoms with E-state index in [1.54, 1.807) is 14.2 Å². The number of nitrogens with zero attached hydrogens (tertiary/aromatic N) is 1. The van der Waals surface area contributed by atoms with Crippen molar-refractivity contribution in [3.63, 3.8) is 0 Å². The average molecular weight is 427 g/mol. The monoisotopic (exact) mass is 426 g/mol. The summed E-state index contributed by atoms with van der Waals surface area (Å²) in [6.07, 6.45) is 4.22. The first-order valence-electron chi connectivity index (χ1n) is 10.2. The lowest BCUT2D eigenvalue weighted by Crippen LogP contribution is -2.39. The van der Waals surface area contributed by atoms with E-state index in [2.05, 4.69) is 20.3 Å². The third-order valence-corrected chi connectivity index (χ3v) is 6.27. The van der Waals surface area contributed by atoms with Gasteiger partial charge < -0.3 is 20.1 Å². The lowest BCUT2D eigenvalue weighted by atomic mass is 9.86. The Hall–Kier alpha value is -2.00. The predicted octanol–water partition coefficient (Wildman–Crippen LogP) is 1.52. The number of benzene rings is 1. The van der Waals surface area contributed by atoms with Crippen molar-refractivity contribution in [3.05, 3.63) is 23.8 Å². The van der Waals surface area contributed by atoms with Gasteiger partial charge in [0, 0.05) is 19.6 Å². The molecule has 1 aromatic carbocycles. The van der Waals surface area contributed by atoms with E-state index in [9.17, 15) is 8.42 Å². The molecule has 0 bridgehead atoms. The van der Waals surface area contributed by atoms with E-state index in [1.165, 1.54) is 6.42 Å². The highest BCUT2D eigenvalue weighted by molar-refractivity contribution is 7.89. The van der Waals surface area contributed by atoms with Gasteiger partial charge in [-0.15, -0.1) is 0 Å². The van der Waals surface area contributed by atoms with Gasteiger partial charge in [0.1, 0.15) is 0 Å². The Kier molecular flexibility index (Phi) is 9.53. The SMILES string of the molecule is CCNC(=NCCS(=O)(=O)NCC1CCC1)NCCc1ccc(OC)c(OC)c1. The lowest BCUT2D eigenvalue weighted by molar-refractivity contribution is 0.316. The first kappa shape index (κ1) is 23.3. The molecular formula is C20H34N4O4S. The van der Waals surface area contributed by atoms with E-state index in [0.717, 1.165) is 24.8 Å². The molecule has 0 aromatic heterocycles. The molecule has 8 nitrogen and oxygen atoms in total. The molecule has 1 aliphatic rings. The maximum atomic E-state index is 12.1. The standard InChI is InChI=1S/C20H34N4O4S/c1-4-21-20(23-12-13-29(25,26)24-15-17-6-5-7-17)22-11-10-16-8-9-18(27-2)19(14-16)28-3/h8-9,14,17,24H,4-7,10-13,15H2,1-3H3,(H2,21,22,23). The van der Waals surface area contributed by atoms with Gasteiger partial charge >= 0.3 is 0 Å². The normalized spacial score (nSPS) is 14.9. The Labute approximate surface area is 174 Å². The van der Waals surface area contributed by atoms with Gasteiger partial charge in [-0.1, -0.05) is 12.5 Å². The summed E-state index contributed by atoms with van der Waals surface area (Å²) < 4.78 is 37.4. The van der Waals surface area contributed by atoms with E-state index in [-0.39, 0.29) is 12.3 Å². The zero-order valence-corrected chi connectivity index (χ0v) is 18.5. The second-order valence-electron chi connectivity index (χ2n) is 7.09. The number of sulfonamides is 1. The van der Waals surface area contributed by atoms with Crippen LogP contribution in [0.5, 0.6) is 11.5 Å². The minimum Gasteiger partial charge on any atom is -0.493 e. The molecule has 1 aromatic rings. The molecule has 1 saturated carbocycles. The molecule has 164 valence electrons. The van der Waals surface area contributed by atoms with Crippen LogP contribution in [0, 0.1) is 5.92 Å². The number of ether oxygens (including phenoxy) is 2. The smallest absolute Gasteiger partial charge is 0.213 e. The van der Waals surface area contributed by atoms with Crippen molar-refractivity contribution in [1.82, 2.24) is 15.4 Å². The molecule has 1 fully saturated rings. The van der Waals surface area contributed by atoms with Gasteiger partial charge in [0.05, 0.1) is 26.5 Å². The lowest BCUT2D eigenvalue weighted by Gasteiger charge is -2.25. The number of nitrogens with one attached hydrogen (secondary N) is 3. The number of aliphatic imine (C=N–C) groups is 1. The Bertz CT molecular complexity index is 764. The molecule has 0 atom stereocenters. The minimum absolute atomic E-state index is 0.00796. The summed E-state index contributed by atoms with van der Waals surface area (Å²) >= 11 is 0. The first-order valence-corrected chi connectivity index (χ1v) is 11.8. The highest BCUT2D eigenvalue weighted by Gasteiger charge is 2.19. The maximum absolute atomic E-state index is 12.1. The van der Waals surface area contributed by atoms with E-state index in [1.807, 2.05) is 25.1 Å². The fourth-order valence-corrected chi connectivity index (χ4v) is 3.96. The van der Waals surface area contributed by atoms with Gasteiger partial charge in [-0.05, 0) is 49.8 Å². The first-order chi connectivity index (χ1) is 14.0. The zero-order chi connectivity index (χ0) is 21.1. The summed E-state index contributed by atoms with van der Waals surface area (Å²) in [6.45, 7) is 4.10. The summed E-state index contributed by atoms with van der Waals surface area (Å²) in [5.41, 5.74) is 1.11. The Morgan fingerprint density at radius 3 is 2.55 bits per heavy atom. The van der Waals surface area contributed by atoms with Crippen LogP contribution < -0.4 is 24.8 Å². The summed E-state index contributed by atoms with van der Waals surface area (Å²) in [4.78, 5) is 4.38. The minimum atomic E-state index is -3.28. The van der Waals surface area contributed by atoms with Crippen LogP contribution in [0.4, 0.5) is 0 Å². The van der Waals surface area contributed by atoms with Crippen molar-refractivity contribution >= 4 is 16.0 Å². The van der Waals surface area contributed by atoms with Crippen molar-refractivity contribution in [3.8, 4) is 11.5 Å². The molecule has 0 saturated heterocycles. The molecule has 0 amide bonds. The molecule has 9 heteroatoms. The van der Waals surface area contributed by atoms with E-state index in [0.29, 0.717) is 43.0 Å². The summed E-state index contributed by atoms with van der Waals surface area (Å²) in [5.74, 6) is 2.51. The van der Waals surface area contributed by atoms with Crippen LogP contribution in [-0.2, 0) is 16.4 Å². The quantitative estimate of drug-likeness (QED) is 0.346. The van der Waals surface area contributed by atoms with Crippen molar-refractivity contribution < 1.29 is 17.9 Å². The molecular weight excluding hydrogens is 392 g/mol. The molecule has 0 aliphatic heterocycles. The molecule has 1 aliphatic carbocycles. The summed E-state index contributed by atoms with van der Waals surface area (Å²) in [7, 11) is -0.0513. The average Bonchev–Trinajstić information content (AvgIpc) is 2.66. The fourth-order valence-electron chi connectivity index (χ4n) is 2.99. The van der Waals surface area contributed by atoms with Gasteiger partial charge in [-0.3, -0.25) is 4.99 Å². The molecule has 0 radical (unpaired) electrons. The third kappa shape index (κ3) is 8.10. The van der Waals surface area contributed by atoms with Gasteiger partial charge in [0.15, 0.2) is 17.5 Å². The highest BCUT2D eigenvalue weighted by Crippen LogP contribution is 2.27. The largest absolute Gasteiger partial charge is 0.493 e. The number of rotatable bonds is 12. The fraction of sp³-hybridized carbons (Fsp3) is 0.650. The Morgan fingerprint density at radius 1 is 1.17 bits per heavy atom. The number of guanidine groups is 1. The second kappa shape index (κ2) is 11.9. The van der Waals surface area contributed by atoms with Crippen LogP contribution in [-0.4, -0.2) is 60.5 Å². The van der Waals surface area contributed by atoms with Gasteiger partial charge in [-0.25, -0.2) is 13.1 Å². The van der Waals surface area contributed by atoms with Gasteiger partial charge in [0.2, 0.25) is 10.0 Å². The van der Waals surface area contributed by atoms with E-state index < -0.39 is 10.0 Å². The topological polar surface area (TPSA) is 101 Å². The third-order valence-electron chi connectivity index (χ3n) is 4.94. The number of hydrogen-bond acceptors (Lipinski definition) is 5. The van der Waals surface area contributed by atoms with Gasteiger partial charge in [-0.2, -0.15) is 0 Å². The second-order valence-corrected chi connectivity index (χ2v) is 9.02. The van der Waals surface area contributed by atoms with Crippen molar-refractivity contribution in [1.29, 1.82) is 0 Å². The summed E-state index contributed by atoms with van der Waals surface area (Å²) in [6, 6.07) is 5.83. The van der Waals surface area contributed by atoms with Crippen LogP contribution >= 0.6 is 0 Å². The van der Waals surface area contributed by atoms with Crippen LogP contribution in [0.15, 0.2) is 23.2 Å². The molecule has 0 unspecified atom stereocenters. The predicted molar refractivity (Wildman–Crippen MR) is 116 cm³/mol. The van der Waals surface area contributed by atoms with Crippen LogP contribution in [0.1, 0.15) is 31.7 Å². The van der Waals surface area contributed by atoms with E-state index in [4.69, 9.17) is 9.47 Å². The van der Waals surface area contributed by atoms with Crippen LogP contribution in [0.2, 0.25) is 0 Å². The number of methoxy groups -OCH3 is 2. The van der Waals surface area contributed by atoms with Crippen LogP contribution in [0.25, 0.3) is 0 Å². The van der Waals surface area contributed by atoms with Crippen molar-refractivity contribution in [2.24, 2.45) is 10.9 Å². The molecule has 29 heavy (non-hydrogen) atoms. The summed E-state index contributed by atoms with van der Waals surface area (Å²) in [5, 5.41) is 6.38. The molecule has 0 spiro atoms. The van der Waals surface area contributed by atoms with Gasteiger partial charge in [0.25, 0.3) is 0 Å². The maximum Gasteiger partial charge on any atom is 0.213 e. The molecule has 0 heterocycles. The number of hydrogen-bond donors (Lipinski definition) is 3. The Morgan fingerprint density at radius 2 is 1.93 bits per heavy atom. The zero-order valence-electron chi connectivity index (χ0n) is 17.7. The highest BCUT2D eigenvalue weighted by atomic mass is 32.2. The molecule has 2 rings (SSSR count). The Balaban J connectivity index is 1.79. The molecule has 3 N–H and O–H groups in total. The van der Waals surface area contributed by atoms with E-state index >= 15 is 0 Å². The van der Waals surface area contributed by atoms with Crippen molar-refractivity contribution in [2.45, 2.75) is 32.6 Å². The van der Waals surface area contributed by atoms with Crippen molar-refractivity contribution in [2.75, 3.05) is 46.2 Å². The van der Waals surface area contributed by atoms with Crippen LogP contribution in [0.3, 0.4) is 0 Å².